The summed E-state index contributed by atoms with van der Waals surface area (Å²) in [5.41, 5.74) is 6.04. The fourth-order valence-corrected chi connectivity index (χ4v) is 5.15. The number of hydrogen-bond donors (Lipinski definition) is 1. The zero-order chi connectivity index (χ0) is 21.4. The number of anilines is 1. The number of likely N-dealkylation sites (tertiary alicyclic amines) is 1. The largest absolute Gasteiger partial charge is 0.380 e. The molecule has 5 heteroatoms. The second-order valence-electron chi connectivity index (χ2n) is 8.90. The van der Waals surface area contributed by atoms with E-state index in [9.17, 15) is 10.4 Å². The molecule has 2 atom stereocenters. The van der Waals surface area contributed by atoms with E-state index in [2.05, 4.69) is 59.5 Å². The summed E-state index contributed by atoms with van der Waals surface area (Å²) in [6.45, 7) is 3.29. The summed E-state index contributed by atoms with van der Waals surface area (Å²) in [6.07, 6.45) is 2.34. The third kappa shape index (κ3) is 3.60. The van der Waals surface area contributed by atoms with Crippen molar-refractivity contribution in [2.45, 2.75) is 37.3 Å². The highest BCUT2D eigenvalue weighted by atomic mass is 16.5. The van der Waals surface area contributed by atoms with E-state index in [1.54, 1.807) is 0 Å². The summed E-state index contributed by atoms with van der Waals surface area (Å²) in [6, 6.07) is 19.5. The van der Waals surface area contributed by atoms with Gasteiger partial charge in [-0.3, -0.25) is 0 Å². The fourth-order valence-electron chi connectivity index (χ4n) is 5.15. The molecule has 31 heavy (non-hydrogen) atoms. The molecule has 0 radical (unpaired) electrons. The number of aliphatic hydroxyl groups excluding tert-OH is 1. The van der Waals surface area contributed by atoms with Gasteiger partial charge in [-0.2, -0.15) is 5.26 Å². The lowest BCUT2D eigenvalue weighted by Crippen LogP contribution is -2.40. The van der Waals surface area contributed by atoms with Gasteiger partial charge in [-0.15, -0.1) is 0 Å². The van der Waals surface area contributed by atoms with E-state index in [4.69, 9.17) is 4.74 Å². The number of benzene rings is 2. The fraction of sp³-hybridized carbons (Fsp3) is 0.423. The minimum absolute atomic E-state index is 0.422. The second kappa shape index (κ2) is 8.37. The van der Waals surface area contributed by atoms with Crippen LogP contribution in [-0.2, 0) is 4.74 Å². The lowest BCUT2D eigenvalue weighted by atomic mass is 9.90. The number of rotatable bonds is 3. The Morgan fingerprint density at radius 3 is 2.52 bits per heavy atom. The molecule has 0 aromatic heterocycles. The van der Waals surface area contributed by atoms with Gasteiger partial charge in [-0.05, 0) is 42.4 Å². The summed E-state index contributed by atoms with van der Waals surface area (Å²) in [7, 11) is 1.87. The lowest BCUT2D eigenvalue weighted by Gasteiger charge is -2.39. The first-order chi connectivity index (χ1) is 15.2. The summed E-state index contributed by atoms with van der Waals surface area (Å²) in [5.74, 6) is 0.958. The highest BCUT2D eigenvalue weighted by molar-refractivity contribution is 5.84. The maximum absolute atomic E-state index is 11.0. The molecule has 0 amide bonds. The monoisotopic (exact) mass is 415 g/mol. The van der Waals surface area contributed by atoms with Crippen molar-refractivity contribution >= 4 is 11.4 Å². The van der Waals surface area contributed by atoms with Crippen molar-refractivity contribution < 1.29 is 9.84 Å². The van der Waals surface area contributed by atoms with Gasteiger partial charge in [-0.25, -0.2) is 0 Å². The predicted octanol–water partition coefficient (Wildman–Crippen LogP) is 4.07. The van der Waals surface area contributed by atoms with E-state index in [-0.39, 0.29) is 0 Å². The molecular formula is C26H29N3O2. The molecule has 3 heterocycles. The second-order valence-corrected chi connectivity index (χ2v) is 8.90. The standard InChI is InChI=1S/C26H29N3O2/c1-28-24-14-20(21-16-31-17-21)9-10-22(24)25(23(15-27)26(28)30)29-12-5-8-19(11-13-29)18-6-3-2-4-7-18/h2-4,6-7,9-10,14,19,21,26,30H,5,8,11-13,16-17H2,1H3. The Bertz CT molecular complexity index is 1020. The Morgan fingerprint density at radius 2 is 1.81 bits per heavy atom. The van der Waals surface area contributed by atoms with Crippen molar-refractivity contribution in [2.24, 2.45) is 0 Å². The molecule has 3 aliphatic heterocycles. The normalized spacial score (nSPS) is 24.3. The third-order valence-electron chi connectivity index (χ3n) is 7.08. The highest BCUT2D eigenvalue weighted by Gasteiger charge is 2.34. The number of hydrogen-bond acceptors (Lipinski definition) is 5. The van der Waals surface area contributed by atoms with Crippen molar-refractivity contribution in [1.82, 2.24) is 4.90 Å². The zero-order valence-electron chi connectivity index (χ0n) is 18.0. The maximum Gasteiger partial charge on any atom is 0.165 e. The van der Waals surface area contributed by atoms with Gasteiger partial charge in [-0.1, -0.05) is 42.5 Å². The van der Waals surface area contributed by atoms with Crippen molar-refractivity contribution in [3.63, 3.8) is 0 Å². The molecule has 0 aliphatic carbocycles. The smallest absolute Gasteiger partial charge is 0.165 e. The number of nitriles is 1. The van der Waals surface area contributed by atoms with Crippen LogP contribution in [0.15, 0.2) is 54.1 Å². The van der Waals surface area contributed by atoms with Gasteiger partial charge in [0.25, 0.3) is 0 Å². The Morgan fingerprint density at radius 1 is 1.00 bits per heavy atom. The quantitative estimate of drug-likeness (QED) is 0.819. The lowest BCUT2D eigenvalue weighted by molar-refractivity contribution is 0.00843. The van der Waals surface area contributed by atoms with Crippen LogP contribution < -0.4 is 4.90 Å². The highest BCUT2D eigenvalue weighted by Crippen LogP contribution is 2.42. The number of nitrogens with zero attached hydrogens (tertiary/aromatic N) is 3. The van der Waals surface area contributed by atoms with Gasteiger partial charge in [0.15, 0.2) is 6.23 Å². The molecule has 2 aromatic carbocycles. The number of likely N-dealkylation sites (N-methyl/N-ethyl adjacent to an activating group) is 1. The number of ether oxygens (including phenoxy) is 1. The molecule has 2 aromatic rings. The van der Waals surface area contributed by atoms with Crippen LogP contribution in [0.1, 0.15) is 47.8 Å². The van der Waals surface area contributed by atoms with Crippen LogP contribution in [0.5, 0.6) is 0 Å². The predicted molar refractivity (Wildman–Crippen MR) is 122 cm³/mol. The average molecular weight is 416 g/mol. The van der Waals surface area contributed by atoms with Gasteiger partial charge in [0.1, 0.15) is 11.6 Å². The first-order valence-electron chi connectivity index (χ1n) is 11.2. The molecule has 5 nitrogen and oxygen atoms in total. The Hall–Kier alpha value is -2.81. The van der Waals surface area contributed by atoms with Crippen LogP contribution in [0.3, 0.4) is 0 Å². The van der Waals surface area contributed by atoms with Crippen molar-refractivity contribution in [1.29, 1.82) is 5.26 Å². The molecular weight excluding hydrogens is 386 g/mol. The van der Waals surface area contributed by atoms with Crippen molar-refractivity contribution in [2.75, 3.05) is 38.3 Å². The van der Waals surface area contributed by atoms with Crippen LogP contribution in [-0.4, -0.2) is 49.6 Å². The molecule has 5 rings (SSSR count). The molecule has 0 spiro atoms. The van der Waals surface area contributed by atoms with Gasteiger partial charge < -0.3 is 19.6 Å². The summed E-state index contributed by atoms with van der Waals surface area (Å²) < 4.78 is 5.37. The van der Waals surface area contributed by atoms with E-state index in [1.165, 1.54) is 11.1 Å². The summed E-state index contributed by atoms with van der Waals surface area (Å²) in [4.78, 5) is 4.16. The Labute approximate surface area is 184 Å². The molecule has 2 fully saturated rings. The molecule has 0 saturated carbocycles. The molecule has 2 unspecified atom stereocenters. The molecule has 3 aliphatic rings. The van der Waals surface area contributed by atoms with E-state index in [0.29, 0.717) is 17.4 Å². The SMILES string of the molecule is CN1c2cc(C3COC3)ccc2C(N2CCCC(c3ccccc3)CC2)=C(C#N)C1O. The first-order valence-corrected chi connectivity index (χ1v) is 11.2. The Kier molecular flexibility index (Phi) is 5.43. The molecule has 160 valence electrons. The van der Waals surface area contributed by atoms with Crippen LogP contribution in [0.4, 0.5) is 5.69 Å². The molecule has 2 saturated heterocycles. The molecule has 1 N–H and O–H groups in total. The van der Waals surface area contributed by atoms with Crippen LogP contribution in [0, 0.1) is 11.3 Å². The van der Waals surface area contributed by atoms with E-state index >= 15 is 0 Å². The third-order valence-corrected chi connectivity index (χ3v) is 7.08. The Balaban J connectivity index is 1.48. The van der Waals surface area contributed by atoms with E-state index < -0.39 is 6.23 Å². The first kappa shape index (κ1) is 20.1. The summed E-state index contributed by atoms with van der Waals surface area (Å²) >= 11 is 0. The van der Waals surface area contributed by atoms with Gasteiger partial charge in [0, 0.05) is 37.3 Å². The van der Waals surface area contributed by atoms with Gasteiger partial charge in [0.2, 0.25) is 0 Å². The van der Waals surface area contributed by atoms with E-state index in [0.717, 1.165) is 62.5 Å². The minimum Gasteiger partial charge on any atom is -0.380 e. The van der Waals surface area contributed by atoms with Crippen LogP contribution in [0.25, 0.3) is 5.70 Å². The van der Waals surface area contributed by atoms with Crippen LogP contribution >= 0.6 is 0 Å². The molecule has 0 bridgehead atoms. The summed E-state index contributed by atoms with van der Waals surface area (Å²) in [5, 5.41) is 20.9. The van der Waals surface area contributed by atoms with Gasteiger partial charge >= 0.3 is 0 Å². The van der Waals surface area contributed by atoms with Crippen molar-refractivity contribution in [3.8, 4) is 6.07 Å². The van der Waals surface area contributed by atoms with E-state index in [1.807, 2.05) is 11.9 Å². The number of fused-ring (bicyclic) bond motifs is 1. The van der Waals surface area contributed by atoms with Crippen molar-refractivity contribution in [3.05, 3.63) is 70.8 Å². The van der Waals surface area contributed by atoms with Gasteiger partial charge in [0.05, 0.1) is 18.9 Å². The number of aliphatic hydroxyl groups is 1. The van der Waals surface area contributed by atoms with Crippen LogP contribution in [0.2, 0.25) is 0 Å². The topological polar surface area (TPSA) is 59.7 Å². The maximum atomic E-state index is 11.0. The minimum atomic E-state index is -0.923. The zero-order valence-corrected chi connectivity index (χ0v) is 18.0. The average Bonchev–Trinajstić information content (AvgIpc) is 3.02.